The first-order valence-corrected chi connectivity index (χ1v) is 7.58. The van der Waals surface area contributed by atoms with Crippen molar-refractivity contribution >= 4 is 29.3 Å². The highest BCUT2D eigenvalue weighted by Crippen LogP contribution is 2.41. The molecule has 0 fully saturated rings. The van der Waals surface area contributed by atoms with Crippen LogP contribution in [0.15, 0.2) is 58.3 Å². The number of anilines is 1. The zero-order chi connectivity index (χ0) is 14.7. The Labute approximate surface area is 127 Å². The predicted molar refractivity (Wildman–Crippen MR) is 86.6 cm³/mol. The van der Waals surface area contributed by atoms with Gasteiger partial charge in [-0.15, -0.1) is 0 Å². The van der Waals surface area contributed by atoms with Crippen LogP contribution in [0.2, 0.25) is 0 Å². The Balaban J connectivity index is 1.92. The normalized spacial score (nSPS) is 15.3. The lowest BCUT2D eigenvalue weighted by Gasteiger charge is -2.08. The molecule has 21 heavy (non-hydrogen) atoms. The van der Waals surface area contributed by atoms with Crippen LogP contribution in [0, 0.1) is 0 Å². The second-order valence-corrected chi connectivity index (χ2v) is 5.76. The molecule has 0 bridgehead atoms. The van der Waals surface area contributed by atoms with E-state index >= 15 is 0 Å². The minimum atomic E-state index is 0.0734. The number of fused-ring (bicyclic) bond motifs is 1. The van der Waals surface area contributed by atoms with Gasteiger partial charge in [-0.2, -0.15) is 0 Å². The fourth-order valence-corrected chi connectivity index (χ4v) is 3.29. The molecule has 0 atom stereocenters. The first-order valence-electron chi connectivity index (χ1n) is 6.76. The Hall–Kier alpha value is -2.04. The van der Waals surface area contributed by atoms with Crippen molar-refractivity contribution in [2.45, 2.75) is 4.90 Å². The van der Waals surface area contributed by atoms with Gasteiger partial charge in [0, 0.05) is 22.7 Å². The Morgan fingerprint density at radius 3 is 2.67 bits per heavy atom. The van der Waals surface area contributed by atoms with E-state index in [1.54, 1.807) is 0 Å². The molecule has 0 radical (unpaired) electrons. The summed E-state index contributed by atoms with van der Waals surface area (Å²) in [6, 6.07) is 15.4. The molecule has 0 spiro atoms. The van der Waals surface area contributed by atoms with Crippen LogP contribution in [0.5, 0.6) is 0 Å². The Morgan fingerprint density at radius 2 is 1.86 bits per heavy atom. The molecule has 1 heterocycles. The lowest BCUT2D eigenvalue weighted by atomic mass is 10.1. The topological polar surface area (TPSA) is 49.3 Å². The summed E-state index contributed by atoms with van der Waals surface area (Å²) in [4.78, 5) is 14.1. The standard InChI is InChI=1S/C17H15NO2S/c19-10-9-18-14-7-3-1-5-12(14)11-16-17(20)13-6-2-4-8-15(13)21-16/h1-8,11,18-19H,9-10H2. The number of Topliss-reactive ketones (excluding diaryl/α,β-unsaturated/α-hetero) is 1. The van der Waals surface area contributed by atoms with Crippen molar-refractivity contribution in [2.75, 3.05) is 18.5 Å². The van der Waals surface area contributed by atoms with Gasteiger partial charge in [0.1, 0.15) is 0 Å². The van der Waals surface area contributed by atoms with Gasteiger partial charge in [-0.1, -0.05) is 42.1 Å². The molecule has 2 N–H and O–H groups in total. The zero-order valence-corrected chi connectivity index (χ0v) is 12.2. The summed E-state index contributed by atoms with van der Waals surface area (Å²) in [7, 11) is 0. The van der Waals surface area contributed by atoms with E-state index in [0.717, 1.165) is 26.6 Å². The minimum absolute atomic E-state index is 0.0734. The van der Waals surface area contributed by atoms with Gasteiger partial charge in [0.2, 0.25) is 5.78 Å². The summed E-state index contributed by atoms with van der Waals surface area (Å²) in [6.07, 6.45) is 1.91. The number of allylic oxidation sites excluding steroid dienone is 1. The van der Waals surface area contributed by atoms with E-state index in [-0.39, 0.29) is 12.4 Å². The first-order chi connectivity index (χ1) is 10.3. The van der Waals surface area contributed by atoms with Crippen molar-refractivity contribution in [3.63, 3.8) is 0 Å². The highest BCUT2D eigenvalue weighted by molar-refractivity contribution is 8.04. The van der Waals surface area contributed by atoms with E-state index < -0.39 is 0 Å². The number of thioether (sulfide) groups is 1. The van der Waals surface area contributed by atoms with Gasteiger partial charge in [0.05, 0.1) is 11.5 Å². The second-order valence-electron chi connectivity index (χ2n) is 4.67. The van der Waals surface area contributed by atoms with E-state index in [0.29, 0.717) is 6.54 Å². The highest BCUT2D eigenvalue weighted by Gasteiger charge is 2.25. The van der Waals surface area contributed by atoms with Crippen LogP contribution in [0.1, 0.15) is 15.9 Å². The Morgan fingerprint density at radius 1 is 1.10 bits per heavy atom. The van der Waals surface area contributed by atoms with Crippen LogP contribution in [-0.4, -0.2) is 24.0 Å². The van der Waals surface area contributed by atoms with Crippen LogP contribution in [-0.2, 0) is 0 Å². The monoisotopic (exact) mass is 297 g/mol. The van der Waals surface area contributed by atoms with Crippen LogP contribution in [0.4, 0.5) is 5.69 Å². The van der Waals surface area contributed by atoms with Crippen molar-refractivity contribution in [1.82, 2.24) is 0 Å². The number of aliphatic hydroxyl groups excluding tert-OH is 1. The maximum absolute atomic E-state index is 12.4. The third-order valence-corrected chi connectivity index (χ3v) is 4.35. The van der Waals surface area contributed by atoms with Crippen LogP contribution >= 0.6 is 11.8 Å². The third kappa shape index (κ3) is 2.86. The Kier molecular flexibility index (Phi) is 4.08. The largest absolute Gasteiger partial charge is 0.395 e. The Bertz CT molecular complexity index is 709. The van der Waals surface area contributed by atoms with E-state index in [1.165, 1.54) is 11.8 Å². The SMILES string of the molecule is O=C1C(=Cc2ccccc2NCCO)Sc2ccccc21. The number of carbonyl (C=O) groups is 1. The molecule has 0 unspecified atom stereocenters. The number of ketones is 1. The quantitative estimate of drug-likeness (QED) is 0.849. The molecule has 106 valence electrons. The number of carbonyl (C=O) groups excluding carboxylic acids is 1. The van der Waals surface area contributed by atoms with E-state index in [9.17, 15) is 4.79 Å². The summed E-state index contributed by atoms with van der Waals surface area (Å²) in [6.45, 7) is 0.561. The van der Waals surface area contributed by atoms with Crippen LogP contribution < -0.4 is 5.32 Å². The second kappa shape index (κ2) is 6.16. The van der Waals surface area contributed by atoms with Crippen molar-refractivity contribution in [1.29, 1.82) is 0 Å². The van der Waals surface area contributed by atoms with E-state index in [4.69, 9.17) is 5.11 Å². The summed E-state index contributed by atoms with van der Waals surface area (Å²) in [5.74, 6) is 0.0764. The van der Waals surface area contributed by atoms with Crippen molar-refractivity contribution in [3.8, 4) is 0 Å². The number of rotatable bonds is 4. The van der Waals surface area contributed by atoms with Gasteiger partial charge in [0.15, 0.2) is 0 Å². The number of benzene rings is 2. The van der Waals surface area contributed by atoms with Crippen molar-refractivity contribution in [3.05, 3.63) is 64.6 Å². The summed E-state index contributed by atoms with van der Waals surface area (Å²) in [5, 5.41) is 12.1. The van der Waals surface area contributed by atoms with Gasteiger partial charge in [-0.05, 0) is 29.8 Å². The molecule has 0 saturated carbocycles. The molecule has 2 aromatic rings. The minimum Gasteiger partial charge on any atom is -0.395 e. The van der Waals surface area contributed by atoms with Crippen molar-refractivity contribution < 1.29 is 9.90 Å². The lowest BCUT2D eigenvalue weighted by molar-refractivity contribution is 0.104. The average molecular weight is 297 g/mol. The smallest absolute Gasteiger partial charge is 0.200 e. The number of aliphatic hydroxyl groups is 1. The summed E-state index contributed by atoms with van der Waals surface area (Å²) in [5.41, 5.74) is 2.65. The van der Waals surface area contributed by atoms with Crippen LogP contribution in [0.25, 0.3) is 6.08 Å². The maximum atomic E-state index is 12.4. The third-order valence-electron chi connectivity index (χ3n) is 3.25. The van der Waals surface area contributed by atoms with Gasteiger partial charge in [-0.25, -0.2) is 0 Å². The molecule has 0 amide bonds. The van der Waals surface area contributed by atoms with Crippen molar-refractivity contribution in [2.24, 2.45) is 0 Å². The maximum Gasteiger partial charge on any atom is 0.200 e. The fraction of sp³-hybridized carbons (Fsp3) is 0.118. The summed E-state index contributed by atoms with van der Waals surface area (Å²) >= 11 is 1.51. The molecule has 4 heteroatoms. The highest BCUT2D eigenvalue weighted by atomic mass is 32.2. The summed E-state index contributed by atoms with van der Waals surface area (Å²) < 4.78 is 0. The number of hydrogen-bond donors (Lipinski definition) is 2. The van der Waals surface area contributed by atoms with Gasteiger partial charge in [-0.3, -0.25) is 4.79 Å². The molecule has 0 aliphatic carbocycles. The fourth-order valence-electron chi connectivity index (χ4n) is 2.25. The molecular formula is C17H15NO2S. The molecular weight excluding hydrogens is 282 g/mol. The number of para-hydroxylation sites is 1. The lowest BCUT2D eigenvalue weighted by Crippen LogP contribution is -2.06. The number of hydrogen-bond acceptors (Lipinski definition) is 4. The molecule has 3 rings (SSSR count). The van der Waals surface area contributed by atoms with Gasteiger partial charge < -0.3 is 10.4 Å². The molecule has 0 saturated heterocycles. The number of nitrogens with one attached hydrogen (secondary N) is 1. The van der Waals surface area contributed by atoms with E-state index in [1.807, 2.05) is 54.6 Å². The molecule has 2 aromatic carbocycles. The molecule has 0 aromatic heterocycles. The average Bonchev–Trinajstić information content (AvgIpc) is 2.83. The van der Waals surface area contributed by atoms with Gasteiger partial charge in [0.25, 0.3) is 0 Å². The van der Waals surface area contributed by atoms with Crippen LogP contribution in [0.3, 0.4) is 0 Å². The predicted octanol–water partition coefficient (Wildman–Crippen LogP) is 3.42. The van der Waals surface area contributed by atoms with Gasteiger partial charge >= 0.3 is 0 Å². The molecule has 3 nitrogen and oxygen atoms in total. The molecule has 1 aliphatic rings. The van der Waals surface area contributed by atoms with E-state index in [2.05, 4.69) is 5.32 Å². The zero-order valence-electron chi connectivity index (χ0n) is 11.4. The molecule has 1 aliphatic heterocycles. The first kappa shape index (κ1) is 13.9.